The van der Waals surface area contributed by atoms with Gasteiger partial charge in [0.25, 0.3) is 5.91 Å². The van der Waals surface area contributed by atoms with E-state index in [1.807, 2.05) is 0 Å². The lowest BCUT2D eigenvalue weighted by Gasteiger charge is -2.29. The molecule has 138 valence electrons. The first-order valence-corrected chi connectivity index (χ1v) is 8.07. The molecular weight excluding hydrogens is 346 g/mol. The van der Waals surface area contributed by atoms with E-state index in [9.17, 15) is 13.6 Å². The van der Waals surface area contributed by atoms with Crippen molar-refractivity contribution >= 4 is 17.8 Å². The summed E-state index contributed by atoms with van der Waals surface area (Å²) in [4.78, 5) is 19.5. The second-order valence-corrected chi connectivity index (χ2v) is 5.75. The van der Waals surface area contributed by atoms with Crippen molar-refractivity contribution in [2.75, 3.05) is 11.4 Å². The standard InChI is InChI=1S/C17H18F2N4O3/c1-22-11-13(10-20-22)23-8-4-7-15(16(23)24)26-21-9-12-5-2-3-6-14(12)25-17(18)19/h2-3,5-6,9-11,15,17H,4,7-8H2,1H3/b21-9+. The first-order chi connectivity index (χ1) is 12.5. The Morgan fingerprint density at radius 2 is 2.19 bits per heavy atom. The summed E-state index contributed by atoms with van der Waals surface area (Å²) in [6.07, 6.45) is 5.17. The number of aryl methyl sites for hydroxylation is 1. The van der Waals surface area contributed by atoms with Gasteiger partial charge in [-0.25, -0.2) is 0 Å². The molecule has 1 aliphatic heterocycles. The van der Waals surface area contributed by atoms with Gasteiger partial charge in [0, 0.05) is 25.4 Å². The van der Waals surface area contributed by atoms with Crippen molar-refractivity contribution < 1.29 is 23.1 Å². The minimum absolute atomic E-state index is 0.0122. The van der Waals surface area contributed by atoms with E-state index in [-0.39, 0.29) is 11.7 Å². The molecule has 0 radical (unpaired) electrons. The van der Waals surface area contributed by atoms with E-state index in [0.29, 0.717) is 24.2 Å². The van der Waals surface area contributed by atoms with Crippen LogP contribution in [0.3, 0.4) is 0 Å². The minimum atomic E-state index is -2.93. The molecule has 1 aromatic carbocycles. The van der Waals surface area contributed by atoms with E-state index in [0.717, 1.165) is 6.42 Å². The lowest BCUT2D eigenvalue weighted by atomic mass is 10.1. The summed E-state index contributed by atoms with van der Waals surface area (Å²) in [6, 6.07) is 6.21. The number of para-hydroxylation sites is 1. The summed E-state index contributed by atoms with van der Waals surface area (Å²) < 4.78 is 30.9. The SMILES string of the molecule is Cn1cc(N2CCCC(O/N=C/c3ccccc3OC(F)F)C2=O)cn1. The molecule has 0 spiro atoms. The maximum absolute atomic E-state index is 12.6. The molecule has 9 heteroatoms. The molecule has 1 aliphatic rings. The zero-order valence-corrected chi connectivity index (χ0v) is 14.1. The van der Waals surface area contributed by atoms with Gasteiger partial charge in [-0.05, 0) is 25.0 Å². The van der Waals surface area contributed by atoms with Crippen LogP contribution in [0.25, 0.3) is 0 Å². The summed E-state index contributed by atoms with van der Waals surface area (Å²) in [7, 11) is 1.77. The fourth-order valence-corrected chi connectivity index (χ4v) is 2.70. The maximum atomic E-state index is 12.6. The van der Waals surface area contributed by atoms with Crippen molar-refractivity contribution in [2.45, 2.75) is 25.6 Å². The van der Waals surface area contributed by atoms with Crippen LogP contribution < -0.4 is 9.64 Å². The molecule has 1 unspecified atom stereocenters. The van der Waals surface area contributed by atoms with Gasteiger partial charge in [0.05, 0.1) is 18.1 Å². The highest BCUT2D eigenvalue weighted by Gasteiger charge is 2.32. The van der Waals surface area contributed by atoms with Gasteiger partial charge < -0.3 is 14.5 Å². The predicted octanol–water partition coefficient (Wildman–Crippen LogP) is 2.57. The van der Waals surface area contributed by atoms with E-state index in [4.69, 9.17) is 4.84 Å². The van der Waals surface area contributed by atoms with Crippen LogP contribution in [0.15, 0.2) is 41.8 Å². The lowest BCUT2D eigenvalue weighted by molar-refractivity contribution is -0.132. The van der Waals surface area contributed by atoms with Crippen LogP contribution in [0.1, 0.15) is 18.4 Å². The molecule has 1 amide bonds. The number of piperidine rings is 1. The fourth-order valence-electron chi connectivity index (χ4n) is 2.70. The number of halogens is 2. The Morgan fingerprint density at radius 3 is 2.92 bits per heavy atom. The smallest absolute Gasteiger partial charge is 0.387 e. The van der Waals surface area contributed by atoms with Gasteiger partial charge in [-0.1, -0.05) is 17.3 Å². The van der Waals surface area contributed by atoms with E-state index in [2.05, 4.69) is 15.0 Å². The summed E-state index contributed by atoms with van der Waals surface area (Å²) >= 11 is 0. The van der Waals surface area contributed by atoms with Crippen LogP contribution in [0.4, 0.5) is 14.5 Å². The van der Waals surface area contributed by atoms with Gasteiger partial charge >= 0.3 is 6.61 Å². The van der Waals surface area contributed by atoms with E-state index in [1.165, 1.54) is 12.3 Å². The molecule has 1 atom stereocenters. The molecule has 1 aromatic heterocycles. The van der Waals surface area contributed by atoms with Gasteiger partial charge in [-0.3, -0.25) is 9.48 Å². The third-order valence-electron chi connectivity index (χ3n) is 3.91. The Labute approximate surface area is 148 Å². The zero-order chi connectivity index (χ0) is 18.5. The Kier molecular flexibility index (Phi) is 5.45. The molecule has 1 fully saturated rings. The number of benzene rings is 1. The Hall–Kier alpha value is -2.97. The fraction of sp³-hybridized carbons (Fsp3) is 0.353. The number of carbonyl (C=O) groups is 1. The van der Waals surface area contributed by atoms with E-state index in [1.54, 1.807) is 47.2 Å². The number of hydrogen-bond donors (Lipinski definition) is 0. The molecule has 2 heterocycles. The number of nitrogens with zero attached hydrogens (tertiary/aromatic N) is 4. The van der Waals surface area contributed by atoms with Crippen molar-refractivity contribution in [3.05, 3.63) is 42.2 Å². The second-order valence-electron chi connectivity index (χ2n) is 5.75. The van der Waals surface area contributed by atoms with Crippen molar-refractivity contribution in [1.29, 1.82) is 0 Å². The van der Waals surface area contributed by atoms with Crippen LogP contribution in [-0.4, -0.2) is 41.2 Å². The van der Waals surface area contributed by atoms with Crippen LogP contribution in [-0.2, 0) is 16.7 Å². The van der Waals surface area contributed by atoms with Crippen molar-refractivity contribution in [1.82, 2.24) is 9.78 Å². The lowest BCUT2D eigenvalue weighted by Crippen LogP contribution is -2.44. The minimum Gasteiger partial charge on any atom is -0.434 e. The second kappa shape index (κ2) is 7.94. The van der Waals surface area contributed by atoms with Crippen LogP contribution in [0, 0.1) is 0 Å². The summed E-state index contributed by atoms with van der Waals surface area (Å²) in [5, 5.41) is 7.86. The van der Waals surface area contributed by atoms with Gasteiger partial charge in [0.15, 0.2) is 0 Å². The first-order valence-electron chi connectivity index (χ1n) is 8.07. The van der Waals surface area contributed by atoms with Gasteiger partial charge in [0.2, 0.25) is 6.10 Å². The number of alkyl halides is 2. The van der Waals surface area contributed by atoms with Gasteiger partial charge in [-0.2, -0.15) is 13.9 Å². The molecule has 0 bridgehead atoms. The van der Waals surface area contributed by atoms with Gasteiger partial charge in [0.1, 0.15) is 5.75 Å². The number of ether oxygens (including phenoxy) is 1. The summed E-state index contributed by atoms with van der Waals surface area (Å²) in [5.41, 5.74) is 1.03. The Bertz CT molecular complexity index is 794. The molecular formula is C17H18F2N4O3. The highest BCUT2D eigenvalue weighted by Crippen LogP contribution is 2.22. The molecule has 26 heavy (non-hydrogen) atoms. The predicted molar refractivity (Wildman–Crippen MR) is 90.3 cm³/mol. The largest absolute Gasteiger partial charge is 0.434 e. The molecule has 0 aliphatic carbocycles. The summed E-state index contributed by atoms with van der Waals surface area (Å²) in [6.45, 7) is -2.35. The maximum Gasteiger partial charge on any atom is 0.387 e. The third-order valence-corrected chi connectivity index (χ3v) is 3.91. The number of aromatic nitrogens is 2. The van der Waals surface area contributed by atoms with E-state index >= 15 is 0 Å². The van der Waals surface area contributed by atoms with Crippen LogP contribution >= 0.6 is 0 Å². The molecule has 2 aromatic rings. The van der Waals surface area contributed by atoms with Crippen LogP contribution in [0.5, 0.6) is 5.75 Å². The van der Waals surface area contributed by atoms with Gasteiger partial charge in [-0.15, -0.1) is 0 Å². The summed E-state index contributed by atoms with van der Waals surface area (Å²) in [5.74, 6) is -0.222. The number of amides is 1. The average Bonchev–Trinajstić information content (AvgIpc) is 3.03. The number of carbonyl (C=O) groups excluding carboxylic acids is 1. The molecule has 0 N–H and O–H groups in total. The van der Waals surface area contributed by atoms with Crippen molar-refractivity contribution in [3.8, 4) is 5.75 Å². The topological polar surface area (TPSA) is 68.9 Å². The molecule has 7 nitrogen and oxygen atoms in total. The molecule has 3 rings (SSSR count). The normalized spacial score (nSPS) is 17.9. The zero-order valence-electron chi connectivity index (χ0n) is 14.1. The first kappa shape index (κ1) is 17.8. The Balaban J connectivity index is 1.66. The van der Waals surface area contributed by atoms with Crippen molar-refractivity contribution in [3.63, 3.8) is 0 Å². The van der Waals surface area contributed by atoms with E-state index < -0.39 is 12.7 Å². The number of anilines is 1. The van der Waals surface area contributed by atoms with Crippen molar-refractivity contribution in [2.24, 2.45) is 12.2 Å². The Morgan fingerprint density at radius 1 is 1.38 bits per heavy atom. The molecule has 0 saturated carbocycles. The van der Waals surface area contributed by atoms with Crippen LogP contribution in [0.2, 0.25) is 0 Å². The quantitative estimate of drug-likeness (QED) is 0.584. The third kappa shape index (κ3) is 4.16. The highest BCUT2D eigenvalue weighted by molar-refractivity contribution is 5.97. The highest BCUT2D eigenvalue weighted by atomic mass is 19.3. The number of oxime groups is 1. The monoisotopic (exact) mass is 364 g/mol. The number of rotatable bonds is 6. The average molecular weight is 364 g/mol. The molecule has 1 saturated heterocycles. The number of hydrogen-bond acceptors (Lipinski definition) is 5.